The molecular weight excluding hydrogens is 178 g/mol. The van der Waals surface area contributed by atoms with E-state index in [1.165, 1.54) is 0 Å². The minimum atomic E-state index is -2.41. The molecule has 0 aliphatic rings. The van der Waals surface area contributed by atoms with Gasteiger partial charge >= 0.3 is 0 Å². The summed E-state index contributed by atoms with van der Waals surface area (Å²) in [5, 5.41) is 0. The highest BCUT2D eigenvalue weighted by atomic mass is 19.3. The maximum atomic E-state index is 11.6. The third-order valence-electron chi connectivity index (χ3n) is 1.17. The minimum Gasteiger partial charge on any atom is -0.387 e. The highest BCUT2D eigenvalue weighted by Gasteiger charge is 2.01. The second-order valence-electron chi connectivity index (χ2n) is 2.93. The topological polar surface area (TPSA) is 47.6 Å². The Morgan fingerprint density at radius 2 is 2.08 bits per heavy atom. The van der Waals surface area contributed by atoms with E-state index in [9.17, 15) is 8.78 Å². The molecule has 0 atom stereocenters. The number of hydrogen-bond acceptors (Lipinski definition) is 2. The Kier molecular flexibility index (Phi) is 6.40. The van der Waals surface area contributed by atoms with E-state index in [1.807, 2.05) is 13.8 Å². The molecule has 0 amide bonds. The molecule has 3 nitrogen and oxygen atoms in total. The summed E-state index contributed by atoms with van der Waals surface area (Å²) in [6, 6.07) is 0.134. The van der Waals surface area contributed by atoms with Crippen molar-refractivity contribution in [1.82, 2.24) is 0 Å². The van der Waals surface area contributed by atoms with E-state index in [2.05, 4.69) is 9.73 Å². The smallest absolute Gasteiger partial charge is 0.261 e. The van der Waals surface area contributed by atoms with E-state index in [0.717, 1.165) is 0 Å². The van der Waals surface area contributed by atoms with Crippen molar-refractivity contribution in [1.29, 1.82) is 0 Å². The number of ether oxygens (including phenoxy) is 1. The van der Waals surface area contributed by atoms with Gasteiger partial charge in [0.25, 0.3) is 6.43 Å². The summed E-state index contributed by atoms with van der Waals surface area (Å²) in [5.41, 5.74) is 5.47. The van der Waals surface area contributed by atoms with Gasteiger partial charge in [-0.3, -0.25) is 4.99 Å². The van der Waals surface area contributed by atoms with Crippen LogP contribution >= 0.6 is 0 Å². The number of nitrogens with two attached hydrogens (primary N) is 1. The van der Waals surface area contributed by atoms with Crippen molar-refractivity contribution >= 4 is 5.84 Å². The van der Waals surface area contributed by atoms with Crippen LogP contribution in [0.3, 0.4) is 0 Å². The van der Waals surface area contributed by atoms with E-state index in [0.29, 0.717) is 12.3 Å². The average Bonchev–Trinajstić information content (AvgIpc) is 1.96. The molecule has 0 saturated heterocycles. The highest BCUT2D eigenvalue weighted by molar-refractivity contribution is 5.80. The molecular formula is C8H16F2N2O. The molecule has 78 valence electrons. The fraction of sp³-hybridized carbons (Fsp3) is 0.875. The van der Waals surface area contributed by atoms with Crippen molar-refractivity contribution < 1.29 is 13.5 Å². The van der Waals surface area contributed by atoms with Crippen LogP contribution in [0, 0.1) is 0 Å². The number of nitrogens with zero attached hydrogens (tertiary/aromatic N) is 1. The first-order chi connectivity index (χ1) is 6.02. The summed E-state index contributed by atoms with van der Waals surface area (Å²) in [6.07, 6.45) is -2.01. The monoisotopic (exact) mass is 194 g/mol. The molecule has 0 aromatic heterocycles. The van der Waals surface area contributed by atoms with Gasteiger partial charge in [0.05, 0.1) is 12.4 Å². The first-order valence-electron chi connectivity index (χ1n) is 4.20. The van der Waals surface area contributed by atoms with Crippen LogP contribution < -0.4 is 5.73 Å². The fourth-order valence-electron chi connectivity index (χ4n) is 0.745. The maximum Gasteiger partial charge on any atom is 0.261 e. The maximum absolute atomic E-state index is 11.6. The third-order valence-corrected chi connectivity index (χ3v) is 1.17. The van der Waals surface area contributed by atoms with Gasteiger partial charge in [-0.2, -0.15) is 0 Å². The number of alkyl halides is 2. The Morgan fingerprint density at radius 1 is 1.46 bits per heavy atom. The van der Waals surface area contributed by atoms with Crippen molar-refractivity contribution in [2.24, 2.45) is 10.7 Å². The normalized spacial score (nSPS) is 12.9. The van der Waals surface area contributed by atoms with Crippen molar-refractivity contribution in [3.63, 3.8) is 0 Å². The predicted octanol–water partition coefficient (Wildman–Crippen LogP) is 1.42. The van der Waals surface area contributed by atoms with Crippen LogP contribution in [0.15, 0.2) is 4.99 Å². The minimum absolute atomic E-state index is 0.134. The molecule has 0 bridgehead atoms. The summed E-state index contributed by atoms with van der Waals surface area (Å²) in [7, 11) is 0. The zero-order valence-corrected chi connectivity index (χ0v) is 7.96. The fourth-order valence-corrected chi connectivity index (χ4v) is 0.745. The van der Waals surface area contributed by atoms with Crippen LogP contribution in [0.2, 0.25) is 0 Å². The second-order valence-corrected chi connectivity index (χ2v) is 2.93. The lowest BCUT2D eigenvalue weighted by Crippen LogP contribution is -2.17. The summed E-state index contributed by atoms with van der Waals surface area (Å²) >= 11 is 0. The Bertz CT molecular complexity index is 160. The van der Waals surface area contributed by atoms with Crippen LogP contribution in [0.25, 0.3) is 0 Å². The quantitative estimate of drug-likeness (QED) is 0.395. The molecule has 13 heavy (non-hydrogen) atoms. The molecule has 5 heteroatoms. The Labute approximate surface area is 77.0 Å². The van der Waals surface area contributed by atoms with Gasteiger partial charge in [-0.25, -0.2) is 8.78 Å². The van der Waals surface area contributed by atoms with E-state index in [4.69, 9.17) is 5.73 Å². The van der Waals surface area contributed by atoms with E-state index < -0.39 is 13.0 Å². The lowest BCUT2D eigenvalue weighted by atomic mass is 10.4. The third kappa shape index (κ3) is 9.20. The molecule has 2 N–H and O–H groups in total. The second kappa shape index (κ2) is 6.77. The molecule has 0 fully saturated rings. The van der Waals surface area contributed by atoms with E-state index >= 15 is 0 Å². The van der Waals surface area contributed by atoms with Crippen molar-refractivity contribution in [2.45, 2.75) is 32.7 Å². The van der Waals surface area contributed by atoms with Gasteiger partial charge < -0.3 is 10.5 Å². The largest absolute Gasteiger partial charge is 0.387 e. The van der Waals surface area contributed by atoms with E-state index in [-0.39, 0.29) is 12.6 Å². The summed E-state index contributed by atoms with van der Waals surface area (Å²) in [6.45, 7) is 3.46. The molecule has 0 heterocycles. The zero-order valence-electron chi connectivity index (χ0n) is 7.96. The summed E-state index contributed by atoms with van der Waals surface area (Å²) in [5.74, 6) is 0.448. The zero-order chi connectivity index (χ0) is 10.3. The van der Waals surface area contributed by atoms with Gasteiger partial charge in [-0.05, 0) is 13.8 Å². The molecule has 0 unspecified atom stereocenters. The highest BCUT2D eigenvalue weighted by Crippen LogP contribution is 1.94. The number of aliphatic imine (C=N–C) groups is 1. The molecule has 0 spiro atoms. The van der Waals surface area contributed by atoms with Gasteiger partial charge in [-0.15, -0.1) is 0 Å². The molecule has 0 aromatic rings. The van der Waals surface area contributed by atoms with Gasteiger partial charge in [0.1, 0.15) is 6.61 Å². The van der Waals surface area contributed by atoms with Gasteiger partial charge in [0.2, 0.25) is 0 Å². The Hall–Kier alpha value is -0.710. The van der Waals surface area contributed by atoms with E-state index in [1.54, 1.807) is 0 Å². The van der Waals surface area contributed by atoms with Gasteiger partial charge in [0, 0.05) is 12.5 Å². The lowest BCUT2D eigenvalue weighted by molar-refractivity contribution is 0.0201. The van der Waals surface area contributed by atoms with Crippen LogP contribution in [0.5, 0.6) is 0 Å². The molecule has 0 aliphatic carbocycles. The van der Waals surface area contributed by atoms with Crippen LogP contribution in [-0.4, -0.2) is 31.5 Å². The standard InChI is InChI=1S/C8H16F2N2O/c1-6(2)12-8(11)3-4-13-5-7(9)10/h6-7H,3-5H2,1-2H3,(H2,11,12). The molecule has 0 aromatic carbocycles. The van der Waals surface area contributed by atoms with Crippen LogP contribution in [0.4, 0.5) is 8.78 Å². The molecule has 0 rings (SSSR count). The number of amidine groups is 1. The number of hydrogen-bond donors (Lipinski definition) is 1. The molecule has 0 saturated carbocycles. The molecule has 0 aliphatic heterocycles. The van der Waals surface area contributed by atoms with Crippen molar-refractivity contribution in [3.05, 3.63) is 0 Å². The van der Waals surface area contributed by atoms with Crippen molar-refractivity contribution in [3.8, 4) is 0 Å². The first kappa shape index (κ1) is 12.3. The lowest BCUT2D eigenvalue weighted by Gasteiger charge is -2.04. The van der Waals surface area contributed by atoms with Crippen LogP contribution in [0.1, 0.15) is 20.3 Å². The number of halogens is 2. The SMILES string of the molecule is CC(C)N=C(N)CCOCC(F)F. The Balaban J connectivity index is 3.42. The van der Waals surface area contributed by atoms with Crippen molar-refractivity contribution in [2.75, 3.05) is 13.2 Å². The summed E-state index contributed by atoms with van der Waals surface area (Å²) < 4.78 is 27.8. The Morgan fingerprint density at radius 3 is 2.54 bits per heavy atom. The first-order valence-corrected chi connectivity index (χ1v) is 4.20. The summed E-state index contributed by atoms with van der Waals surface area (Å²) in [4.78, 5) is 4.02. The number of rotatable bonds is 6. The average molecular weight is 194 g/mol. The predicted molar refractivity (Wildman–Crippen MR) is 48.2 cm³/mol. The van der Waals surface area contributed by atoms with Gasteiger partial charge in [0.15, 0.2) is 0 Å². The van der Waals surface area contributed by atoms with Crippen LogP contribution in [-0.2, 0) is 4.74 Å². The van der Waals surface area contributed by atoms with Gasteiger partial charge in [-0.1, -0.05) is 0 Å². The molecule has 0 radical (unpaired) electrons.